The van der Waals surface area contributed by atoms with Gasteiger partial charge in [0.1, 0.15) is 5.82 Å². The summed E-state index contributed by atoms with van der Waals surface area (Å²) in [5.74, 6) is -0.464. The molecule has 2 N–H and O–H groups in total. The number of aliphatic hydroxyl groups excluding tert-OH is 1. The lowest BCUT2D eigenvalue weighted by atomic mass is 10.2. The third-order valence-electron chi connectivity index (χ3n) is 3.01. The zero-order chi connectivity index (χ0) is 15.4. The number of carbonyl (C=O) groups excluding carboxylic acids is 1. The molecule has 5 nitrogen and oxygen atoms in total. The van der Waals surface area contributed by atoms with Gasteiger partial charge in [0.05, 0.1) is 24.3 Å². The van der Waals surface area contributed by atoms with Crippen molar-refractivity contribution in [2.45, 2.75) is 18.7 Å². The Labute approximate surface area is 126 Å². The van der Waals surface area contributed by atoms with Gasteiger partial charge in [-0.3, -0.25) is 4.79 Å². The van der Waals surface area contributed by atoms with Crippen molar-refractivity contribution < 1.29 is 14.3 Å². The van der Waals surface area contributed by atoms with Crippen molar-refractivity contribution >= 4 is 23.4 Å². The van der Waals surface area contributed by atoms with Crippen LogP contribution in [0.4, 0.5) is 10.1 Å². The van der Waals surface area contributed by atoms with Crippen LogP contribution in [0.1, 0.15) is 11.3 Å². The van der Waals surface area contributed by atoms with Gasteiger partial charge in [-0.25, -0.2) is 9.37 Å². The molecule has 0 fully saturated rings. The van der Waals surface area contributed by atoms with E-state index in [4.69, 9.17) is 5.11 Å². The highest BCUT2D eigenvalue weighted by Gasteiger charge is 2.10. The predicted octanol–water partition coefficient (Wildman–Crippen LogP) is 2.09. The first-order valence-electron chi connectivity index (χ1n) is 6.31. The zero-order valence-corrected chi connectivity index (χ0v) is 12.6. The minimum absolute atomic E-state index is 0.0985. The van der Waals surface area contributed by atoms with Crippen LogP contribution in [-0.4, -0.2) is 26.3 Å². The van der Waals surface area contributed by atoms with Gasteiger partial charge >= 0.3 is 0 Å². The number of aliphatic hydroxyl groups is 1. The van der Waals surface area contributed by atoms with E-state index < -0.39 is 0 Å². The molecule has 2 rings (SSSR count). The van der Waals surface area contributed by atoms with Crippen LogP contribution in [-0.2, 0) is 18.4 Å². The average molecular weight is 309 g/mol. The SMILES string of the molecule is Cc1ccc(F)cc1NC(=O)CSc1ncc(CO)n1C. The summed E-state index contributed by atoms with van der Waals surface area (Å²) in [5.41, 5.74) is 1.95. The number of hydrogen-bond donors (Lipinski definition) is 2. The summed E-state index contributed by atoms with van der Waals surface area (Å²) in [4.78, 5) is 16.0. The summed E-state index contributed by atoms with van der Waals surface area (Å²) in [7, 11) is 1.77. The minimum atomic E-state index is -0.389. The smallest absolute Gasteiger partial charge is 0.234 e. The van der Waals surface area contributed by atoms with Gasteiger partial charge in [-0.05, 0) is 24.6 Å². The second kappa shape index (κ2) is 6.73. The molecule has 0 aliphatic heterocycles. The maximum atomic E-state index is 13.1. The third kappa shape index (κ3) is 3.83. The minimum Gasteiger partial charge on any atom is -0.390 e. The Balaban J connectivity index is 1.96. The summed E-state index contributed by atoms with van der Waals surface area (Å²) < 4.78 is 14.9. The quantitative estimate of drug-likeness (QED) is 0.830. The van der Waals surface area contributed by atoms with Crippen LogP contribution in [0.15, 0.2) is 29.6 Å². The maximum Gasteiger partial charge on any atom is 0.234 e. The molecule has 1 amide bonds. The Bertz CT molecular complexity index is 658. The van der Waals surface area contributed by atoms with Gasteiger partial charge in [-0.15, -0.1) is 0 Å². The Kier molecular flexibility index (Phi) is 4.98. The summed E-state index contributed by atoms with van der Waals surface area (Å²) in [5, 5.41) is 12.4. The van der Waals surface area contributed by atoms with Crippen LogP contribution >= 0.6 is 11.8 Å². The summed E-state index contributed by atoms with van der Waals surface area (Å²) in [6.45, 7) is 1.70. The number of carbonyl (C=O) groups is 1. The fraction of sp³-hybridized carbons (Fsp3) is 0.286. The van der Waals surface area contributed by atoms with E-state index in [9.17, 15) is 9.18 Å². The van der Waals surface area contributed by atoms with Crippen molar-refractivity contribution in [1.29, 1.82) is 0 Å². The number of rotatable bonds is 5. The highest BCUT2D eigenvalue weighted by atomic mass is 32.2. The molecule has 0 saturated heterocycles. The number of benzene rings is 1. The van der Waals surface area contributed by atoms with Crippen molar-refractivity contribution in [2.75, 3.05) is 11.1 Å². The van der Waals surface area contributed by atoms with E-state index in [1.165, 1.54) is 23.9 Å². The van der Waals surface area contributed by atoms with E-state index in [0.29, 0.717) is 16.5 Å². The topological polar surface area (TPSA) is 67.2 Å². The fourth-order valence-electron chi connectivity index (χ4n) is 1.75. The van der Waals surface area contributed by atoms with Crippen LogP contribution < -0.4 is 5.32 Å². The number of imidazole rings is 1. The van der Waals surface area contributed by atoms with E-state index >= 15 is 0 Å². The number of halogens is 1. The number of aryl methyl sites for hydroxylation is 1. The largest absolute Gasteiger partial charge is 0.390 e. The molecule has 0 radical (unpaired) electrons. The second-order valence-corrected chi connectivity index (χ2v) is 5.49. The van der Waals surface area contributed by atoms with Gasteiger partial charge < -0.3 is 15.0 Å². The highest BCUT2D eigenvalue weighted by Crippen LogP contribution is 2.19. The first-order chi connectivity index (χ1) is 10.0. The van der Waals surface area contributed by atoms with Crippen molar-refractivity contribution in [3.63, 3.8) is 0 Å². The number of nitrogens with zero attached hydrogens (tertiary/aromatic N) is 2. The van der Waals surface area contributed by atoms with Crippen molar-refractivity contribution in [1.82, 2.24) is 9.55 Å². The average Bonchev–Trinajstić information content (AvgIpc) is 2.81. The van der Waals surface area contributed by atoms with Gasteiger partial charge in [0.25, 0.3) is 0 Å². The monoisotopic (exact) mass is 309 g/mol. The molecule has 1 aromatic carbocycles. The second-order valence-electron chi connectivity index (χ2n) is 4.55. The molecule has 21 heavy (non-hydrogen) atoms. The van der Waals surface area contributed by atoms with Gasteiger partial charge in [0, 0.05) is 12.7 Å². The van der Waals surface area contributed by atoms with E-state index in [1.807, 2.05) is 0 Å². The Morgan fingerprint density at radius 3 is 2.95 bits per heavy atom. The van der Waals surface area contributed by atoms with Gasteiger partial charge in [-0.1, -0.05) is 17.8 Å². The molecular weight excluding hydrogens is 293 g/mol. The van der Waals surface area contributed by atoms with E-state index in [-0.39, 0.29) is 24.1 Å². The maximum absolute atomic E-state index is 13.1. The fourth-order valence-corrected chi connectivity index (χ4v) is 2.52. The molecule has 0 aliphatic carbocycles. The van der Waals surface area contributed by atoms with E-state index in [1.54, 1.807) is 30.8 Å². The number of aromatic nitrogens is 2. The molecule has 0 unspecified atom stereocenters. The number of nitrogens with one attached hydrogen (secondary N) is 1. The highest BCUT2D eigenvalue weighted by molar-refractivity contribution is 7.99. The van der Waals surface area contributed by atoms with Crippen LogP contribution in [0.5, 0.6) is 0 Å². The molecule has 0 bridgehead atoms. The van der Waals surface area contributed by atoms with Gasteiger partial charge in [0.15, 0.2) is 5.16 Å². The van der Waals surface area contributed by atoms with E-state index in [0.717, 1.165) is 5.56 Å². The molecule has 7 heteroatoms. The summed E-state index contributed by atoms with van der Waals surface area (Å²) in [6.07, 6.45) is 1.57. The molecule has 0 atom stereocenters. The molecule has 0 aliphatic rings. The lowest BCUT2D eigenvalue weighted by Gasteiger charge is -2.08. The molecule has 1 aromatic heterocycles. The molecule has 1 heterocycles. The first-order valence-corrected chi connectivity index (χ1v) is 7.30. The van der Waals surface area contributed by atoms with Crippen molar-refractivity contribution in [2.24, 2.45) is 7.05 Å². The van der Waals surface area contributed by atoms with Crippen LogP contribution in [0.25, 0.3) is 0 Å². The number of anilines is 1. The number of amides is 1. The standard InChI is InChI=1S/C14H16FN3O2S/c1-9-3-4-10(15)5-12(9)17-13(20)8-21-14-16-6-11(7-19)18(14)2/h3-6,19H,7-8H2,1-2H3,(H,17,20). The zero-order valence-electron chi connectivity index (χ0n) is 11.8. The van der Waals surface area contributed by atoms with Crippen molar-refractivity contribution in [3.8, 4) is 0 Å². The first kappa shape index (κ1) is 15.5. The van der Waals surface area contributed by atoms with Crippen LogP contribution in [0, 0.1) is 12.7 Å². The summed E-state index contributed by atoms with van der Waals surface area (Å²) >= 11 is 1.26. The Hall–Kier alpha value is -1.86. The van der Waals surface area contributed by atoms with Gasteiger partial charge in [0.2, 0.25) is 5.91 Å². The van der Waals surface area contributed by atoms with E-state index in [2.05, 4.69) is 10.3 Å². The van der Waals surface area contributed by atoms with Crippen LogP contribution in [0.3, 0.4) is 0 Å². The molecule has 0 spiro atoms. The van der Waals surface area contributed by atoms with Crippen molar-refractivity contribution in [3.05, 3.63) is 41.5 Å². The molecular formula is C14H16FN3O2S. The lowest BCUT2D eigenvalue weighted by molar-refractivity contribution is -0.113. The third-order valence-corrected chi connectivity index (χ3v) is 4.05. The molecule has 112 valence electrons. The lowest BCUT2D eigenvalue weighted by Crippen LogP contribution is -2.15. The summed E-state index contributed by atoms with van der Waals surface area (Å²) in [6, 6.07) is 4.26. The predicted molar refractivity (Wildman–Crippen MR) is 79.6 cm³/mol. The van der Waals surface area contributed by atoms with Gasteiger partial charge in [-0.2, -0.15) is 0 Å². The number of thioether (sulfide) groups is 1. The Morgan fingerprint density at radius 2 is 2.29 bits per heavy atom. The normalized spacial score (nSPS) is 10.7. The molecule has 2 aromatic rings. The molecule has 0 saturated carbocycles. The van der Waals surface area contributed by atoms with Crippen LogP contribution in [0.2, 0.25) is 0 Å². The Morgan fingerprint density at radius 1 is 1.52 bits per heavy atom. The number of hydrogen-bond acceptors (Lipinski definition) is 4.